The Morgan fingerprint density at radius 2 is 1.51 bits per heavy atom. The fourth-order valence-electron chi connectivity index (χ4n) is 3.33. The number of hydrogen-bond donors (Lipinski definition) is 0. The standard InChI is InChI=1S/C26H45N3O6Si2/c1-25(2,3)36(7,8)34-21-20(18-32-23(30)19-14-12-11-13-15-19)33-24(31-17-16-28-29-27)22(21)35-37(9,10)26(4,5)6/h11-15,20-22,24H,16-18H2,1-10H3/t20-,21-,22+,24+/m1/s1. The molecular formula is C26H45N3O6Si2. The summed E-state index contributed by atoms with van der Waals surface area (Å²) >= 11 is 0. The summed E-state index contributed by atoms with van der Waals surface area (Å²) in [6, 6.07) is 8.87. The predicted molar refractivity (Wildman–Crippen MR) is 149 cm³/mol. The van der Waals surface area contributed by atoms with Crippen LogP contribution in [0.1, 0.15) is 51.9 Å². The molecule has 0 aliphatic carbocycles. The van der Waals surface area contributed by atoms with E-state index in [-0.39, 0.29) is 29.8 Å². The van der Waals surface area contributed by atoms with Gasteiger partial charge in [0.2, 0.25) is 0 Å². The number of carbonyl (C=O) groups excluding carboxylic acids is 1. The van der Waals surface area contributed by atoms with Crippen molar-refractivity contribution in [2.45, 2.75) is 102 Å². The van der Waals surface area contributed by atoms with Crippen LogP contribution in [0.2, 0.25) is 36.3 Å². The lowest BCUT2D eigenvalue weighted by Gasteiger charge is -2.44. The van der Waals surface area contributed by atoms with Gasteiger partial charge in [-0.05, 0) is 53.9 Å². The zero-order valence-electron chi connectivity index (χ0n) is 24.1. The number of rotatable bonds is 11. The summed E-state index contributed by atoms with van der Waals surface area (Å²) in [6.45, 7) is 22.1. The van der Waals surface area contributed by atoms with Crippen LogP contribution in [-0.2, 0) is 23.1 Å². The normalized spacial score (nSPS) is 23.0. The molecule has 0 unspecified atom stereocenters. The SMILES string of the molecule is CC(C)(C)[Si](C)(C)O[C@@H]1[C@@H](OCCN=[N+]=[N-])O[C@H](COC(=O)c2ccccc2)[C@H]1O[Si](C)(C)C(C)(C)C. The summed E-state index contributed by atoms with van der Waals surface area (Å²) in [4.78, 5) is 15.5. The molecule has 11 heteroatoms. The van der Waals surface area contributed by atoms with Crippen LogP contribution in [0.3, 0.4) is 0 Å². The Kier molecular flexibility index (Phi) is 10.6. The lowest BCUT2D eigenvalue weighted by molar-refractivity contribution is -0.165. The summed E-state index contributed by atoms with van der Waals surface area (Å²) < 4.78 is 31.8. The highest BCUT2D eigenvalue weighted by molar-refractivity contribution is 6.74. The first-order valence-electron chi connectivity index (χ1n) is 12.9. The van der Waals surface area contributed by atoms with E-state index in [0.717, 1.165) is 0 Å². The molecule has 2 rings (SSSR count). The van der Waals surface area contributed by atoms with Crippen molar-refractivity contribution < 1.29 is 27.9 Å². The molecule has 37 heavy (non-hydrogen) atoms. The largest absolute Gasteiger partial charge is 0.459 e. The Morgan fingerprint density at radius 3 is 2.03 bits per heavy atom. The molecule has 0 N–H and O–H groups in total. The van der Waals surface area contributed by atoms with Gasteiger partial charge in [0, 0.05) is 11.5 Å². The van der Waals surface area contributed by atoms with E-state index < -0.39 is 47.2 Å². The summed E-state index contributed by atoms with van der Waals surface area (Å²) in [7, 11) is -4.55. The third kappa shape index (κ3) is 8.38. The van der Waals surface area contributed by atoms with Gasteiger partial charge in [-0.3, -0.25) is 0 Å². The predicted octanol–water partition coefficient (Wildman–Crippen LogP) is 6.68. The van der Waals surface area contributed by atoms with E-state index in [1.165, 1.54) is 0 Å². The van der Waals surface area contributed by atoms with Crippen molar-refractivity contribution in [2.24, 2.45) is 5.11 Å². The van der Waals surface area contributed by atoms with Crippen LogP contribution in [0.4, 0.5) is 0 Å². The van der Waals surface area contributed by atoms with Crippen molar-refractivity contribution >= 4 is 22.6 Å². The van der Waals surface area contributed by atoms with Gasteiger partial charge < -0.3 is 23.1 Å². The number of esters is 1. The Balaban J connectivity index is 2.38. The van der Waals surface area contributed by atoms with Gasteiger partial charge in [0.1, 0.15) is 24.9 Å². The zero-order chi connectivity index (χ0) is 28.1. The Morgan fingerprint density at radius 1 is 0.973 bits per heavy atom. The fourth-order valence-corrected chi connectivity index (χ4v) is 5.93. The average molecular weight is 552 g/mol. The fraction of sp³-hybridized carbons (Fsp3) is 0.731. The first-order valence-corrected chi connectivity index (χ1v) is 18.7. The average Bonchev–Trinajstić information content (AvgIpc) is 3.09. The van der Waals surface area contributed by atoms with E-state index in [1.807, 2.05) is 6.07 Å². The van der Waals surface area contributed by atoms with E-state index in [4.69, 9.17) is 28.6 Å². The van der Waals surface area contributed by atoms with Crippen molar-refractivity contribution in [1.82, 2.24) is 0 Å². The van der Waals surface area contributed by atoms with Crippen molar-refractivity contribution in [1.29, 1.82) is 0 Å². The van der Waals surface area contributed by atoms with Crippen molar-refractivity contribution in [3.8, 4) is 0 Å². The number of carbonyl (C=O) groups is 1. The second-order valence-electron chi connectivity index (χ2n) is 12.5. The molecule has 0 bridgehead atoms. The van der Waals surface area contributed by atoms with E-state index in [1.54, 1.807) is 24.3 Å². The van der Waals surface area contributed by atoms with Gasteiger partial charge in [-0.15, -0.1) is 0 Å². The number of benzene rings is 1. The smallest absolute Gasteiger partial charge is 0.338 e. The molecule has 208 valence electrons. The highest BCUT2D eigenvalue weighted by Gasteiger charge is 2.54. The van der Waals surface area contributed by atoms with Gasteiger partial charge in [0.15, 0.2) is 22.9 Å². The maximum atomic E-state index is 12.7. The van der Waals surface area contributed by atoms with Gasteiger partial charge in [-0.25, -0.2) is 4.79 Å². The molecule has 1 saturated heterocycles. The van der Waals surface area contributed by atoms with Crippen molar-refractivity contribution in [3.63, 3.8) is 0 Å². The molecule has 1 aliphatic rings. The maximum absolute atomic E-state index is 12.7. The monoisotopic (exact) mass is 551 g/mol. The number of azide groups is 1. The van der Waals surface area contributed by atoms with E-state index in [0.29, 0.717) is 5.56 Å². The lowest BCUT2D eigenvalue weighted by atomic mass is 10.1. The minimum Gasteiger partial charge on any atom is -0.459 e. The van der Waals surface area contributed by atoms with Crippen LogP contribution in [0.15, 0.2) is 35.4 Å². The van der Waals surface area contributed by atoms with Crippen LogP contribution in [0, 0.1) is 0 Å². The van der Waals surface area contributed by atoms with Crippen LogP contribution in [0.5, 0.6) is 0 Å². The molecule has 0 radical (unpaired) electrons. The summed E-state index contributed by atoms with van der Waals surface area (Å²) in [5.41, 5.74) is 9.12. The summed E-state index contributed by atoms with van der Waals surface area (Å²) in [5.74, 6) is -0.426. The van der Waals surface area contributed by atoms with E-state index in [2.05, 4.69) is 77.8 Å². The highest BCUT2D eigenvalue weighted by atomic mass is 28.4. The van der Waals surface area contributed by atoms with Crippen molar-refractivity contribution in [2.75, 3.05) is 19.8 Å². The van der Waals surface area contributed by atoms with Crippen LogP contribution in [-0.4, -0.2) is 67.0 Å². The Hall–Kier alpha value is -1.73. The van der Waals surface area contributed by atoms with Gasteiger partial charge >= 0.3 is 5.97 Å². The van der Waals surface area contributed by atoms with Crippen LogP contribution >= 0.6 is 0 Å². The topological polar surface area (TPSA) is 112 Å². The zero-order valence-corrected chi connectivity index (χ0v) is 26.1. The first-order chi connectivity index (χ1) is 17.0. The Labute approximate surface area is 224 Å². The molecule has 1 aromatic rings. The third-order valence-electron chi connectivity index (χ3n) is 7.67. The molecule has 9 nitrogen and oxygen atoms in total. The van der Waals surface area contributed by atoms with Gasteiger partial charge in [-0.1, -0.05) is 64.9 Å². The van der Waals surface area contributed by atoms with Gasteiger partial charge in [0.05, 0.1) is 12.2 Å². The number of nitrogens with zero attached hydrogens (tertiary/aromatic N) is 3. The Bertz CT molecular complexity index is 940. The highest BCUT2D eigenvalue weighted by Crippen LogP contribution is 2.43. The lowest BCUT2D eigenvalue weighted by Crippen LogP contribution is -2.54. The van der Waals surface area contributed by atoms with Crippen LogP contribution in [0.25, 0.3) is 10.4 Å². The molecule has 1 aromatic carbocycles. The van der Waals surface area contributed by atoms with Gasteiger partial charge in [0.25, 0.3) is 0 Å². The van der Waals surface area contributed by atoms with E-state index in [9.17, 15) is 4.79 Å². The minimum absolute atomic E-state index is 0.000583. The van der Waals surface area contributed by atoms with E-state index >= 15 is 0 Å². The van der Waals surface area contributed by atoms with Crippen molar-refractivity contribution in [3.05, 3.63) is 46.3 Å². The summed E-state index contributed by atoms with van der Waals surface area (Å²) in [6.07, 6.45) is -2.36. The molecule has 0 spiro atoms. The van der Waals surface area contributed by atoms with Gasteiger partial charge in [-0.2, -0.15) is 0 Å². The number of ether oxygens (including phenoxy) is 3. The summed E-state index contributed by atoms with van der Waals surface area (Å²) in [5, 5.41) is 3.46. The quantitative estimate of drug-likeness (QED) is 0.0757. The maximum Gasteiger partial charge on any atom is 0.338 e. The molecule has 1 fully saturated rings. The molecule has 1 heterocycles. The first kappa shape index (κ1) is 31.5. The molecule has 0 amide bonds. The van der Waals surface area contributed by atoms with Crippen LogP contribution < -0.4 is 0 Å². The molecule has 0 saturated carbocycles. The molecule has 1 aliphatic heterocycles. The second kappa shape index (κ2) is 12.4. The third-order valence-corrected chi connectivity index (χ3v) is 16.6. The minimum atomic E-state index is -2.28. The number of hydrogen-bond acceptors (Lipinski definition) is 7. The molecule has 4 atom stereocenters. The molecular weight excluding hydrogens is 506 g/mol. The second-order valence-corrected chi connectivity index (χ2v) is 22.0. The molecule has 0 aromatic heterocycles.